The van der Waals surface area contributed by atoms with Gasteiger partial charge in [-0.2, -0.15) is 5.26 Å². The summed E-state index contributed by atoms with van der Waals surface area (Å²) in [5.41, 5.74) is 0.756. The molecular weight excluding hydrogens is 452 g/mol. The van der Waals surface area contributed by atoms with Crippen molar-refractivity contribution in [2.75, 3.05) is 0 Å². The molecule has 0 bridgehead atoms. The van der Waals surface area contributed by atoms with Crippen LogP contribution in [0.25, 0.3) is 10.9 Å². The van der Waals surface area contributed by atoms with Gasteiger partial charge in [0.25, 0.3) is 0 Å². The molecule has 0 aliphatic carbocycles. The maximum absolute atomic E-state index is 13.0. The summed E-state index contributed by atoms with van der Waals surface area (Å²) in [6.45, 7) is 1.25. The summed E-state index contributed by atoms with van der Waals surface area (Å²) in [5, 5.41) is 9.43. The number of rotatable bonds is 4. The number of aromatic nitrogens is 1. The maximum atomic E-state index is 13.0. The first-order chi connectivity index (χ1) is 12.8. The fourth-order valence-electron chi connectivity index (χ4n) is 2.74. The number of Topliss-reactive ketones (excluding diaryl/α,β-unsaturated/α-hetero) is 1. The van der Waals surface area contributed by atoms with Crippen LogP contribution >= 0.6 is 27.5 Å². The highest BCUT2D eigenvalue weighted by Gasteiger charge is 2.27. The van der Waals surface area contributed by atoms with Gasteiger partial charge in [0.15, 0.2) is 5.78 Å². The number of pyridine rings is 1. The molecule has 27 heavy (non-hydrogen) atoms. The Morgan fingerprint density at radius 3 is 2.78 bits per heavy atom. The van der Waals surface area contributed by atoms with Crippen LogP contribution in [-0.4, -0.2) is 15.3 Å². The number of aromatic amines is 1. The summed E-state index contributed by atoms with van der Waals surface area (Å²) in [6, 6.07) is 11.9. The minimum atomic E-state index is -1.71. The first-order valence-electron chi connectivity index (χ1n) is 7.75. The number of halogens is 2. The first kappa shape index (κ1) is 19.6. The highest BCUT2D eigenvalue weighted by molar-refractivity contribution is 9.10. The first-order valence-corrected chi connectivity index (χ1v) is 10.2. The zero-order chi connectivity index (χ0) is 19.7. The van der Waals surface area contributed by atoms with E-state index in [1.165, 1.54) is 6.92 Å². The highest BCUT2D eigenvalue weighted by Crippen LogP contribution is 2.29. The number of hydrogen-bond donors (Lipinski definition) is 1. The summed E-state index contributed by atoms with van der Waals surface area (Å²) in [4.78, 5) is 28.0. The second-order valence-corrected chi connectivity index (χ2v) is 8.45. The molecule has 0 amide bonds. The fourth-order valence-corrected chi connectivity index (χ4v) is 4.72. The molecule has 0 saturated carbocycles. The number of benzene rings is 2. The molecule has 0 radical (unpaired) electrons. The number of nitrogens with one attached hydrogen (secondary N) is 1. The van der Waals surface area contributed by atoms with Crippen molar-refractivity contribution in [3.05, 3.63) is 72.8 Å². The van der Waals surface area contributed by atoms with Gasteiger partial charge < -0.3 is 9.54 Å². The number of nitrogens with zero attached hydrogens (tertiary/aromatic N) is 1. The number of ketones is 1. The lowest BCUT2D eigenvalue weighted by molar-refractivity contribution is 0.101. The van der Waals surface area contributed by atoms with E-state index in [1.807, 2.05) is 6.07 Å². The molecule has 0 fully saturated rings. The van der Waals surface area contributed by atoms with Crippen molar-refractivity contribution < 1.29 is 9.35 Å². The summed E-state index contributed by atoms with van der Waals surface area (Å²) >= 11 is 7.79. The predicted molar refractivity (Wildman–Crippen MR) is 109 cm³/mol. The van der Waals surface area contributed by atoms with Gasteiger partial charge in [-0.15, -0.1) is 0 Å². The normalized spacial score (nSPS) is 12.0. The molecule has 0 spiro atoms. The Morgan fingerprint density at radius 1 is 1.37 bits per heavy atom. The number of nitriles is 1. The van der Waals surface area contributed by atoms with E-state index in [1.54, 1.807) is 36.4 Å². The van der Waals surface area contributed by atoms with E-state index in [0.717, 1.165) is 0 Å². The van der Waals surface area contributed by atoms with Crippen LogP contribution in [0, 0.1) is 11.3 Å². The van der Waals surface area contributed by atoms with E-state index in [9.17, 15) is 14.1 Å². The van der Waals surface area contributed by atoms with Crippen LogP contribution in [0.3, 0.4) is 0 Å². The Balaban J connectivity index is 2.19. The molecule has 5 nitrogen and oxygen atoms in total. The number of carbonyl (C=O) groups excluding carboxylic acids is 1. The Hall–Kier alpha value is -2.11. The Kier molecular flexibility index (Phi) is 5.72. The minimum absolute atomic E-state index is 0.0466. The lowest BCUT2D eigenvalue weighted by Crippen LogP contribution is -2.22. The van der Waals surface area contributed by atoms with E-state index in [4.69, 9.17) is 16.9 Å². The third-order valence-electron chi connectivity index (χ3n) is 3.96. The lowest BCUT2D eigenvalue weighted by atomic mass is 10.1. The van der Waals surface area contributed by atoms with Crippen LogP contribution in [0.15, 0.2) is 50.7 Å². The second-order valence-electron chi connectivity index (χ2n) is 5.80. The molecule has 1 unspecified atom stereocenters. The molecule has 8 heteroatoms. The quantitative estimate of drug-likeness (QED) is 0.460. The van der Waals surface area contributed by atoms with E-state index < -0.39 is 22.4 Å². The van der Waals surface area contributed by atoms with Gasteiger partial charge in [0.1, 0.15) is 11.3 Å². The number of fused-ring (bicyclic) bond motifs is 1. The number of H-pyrrole nitrogens is 1. The smallest absolute Gasteiger partial charge is 0.238 e. The van der Waals surface area contributed by atoms with Gasteiger partial charge in [-0.25, -0.2) is 0 Å². The molecule has 0 aliphatic heterocycles. The molecule has 1 heterocycles. The summed E-state index contributed by atoms with van der Waals surface area (Å²) in [5.74, 6) is -0.446. The third-order valence-corrected chi connectivity index (χ3v) is 6.29. The molecule has 0 saturated heterocycles. The van der Waals surface area contributed by atoms with E-state index in [0.29, 0.717) is 21.1 Å². The van der Waals surface area contributed by atoms with Crippen LogP contribution in [0.1, 0.15) is 28.4 Å². The molecule has 3 aromatic rings. The molecule has 1 atom stereocenters. The molecule has 1 N–H and O–H groups in total. The summed E-state index contributed by atoms with van der Waals surface area (Å²) in [6.07, 6.45) is 0. The zero-order valence-electron chi connectivity index (χ0n) is 14.0. The maximum Gasteiger partial charge on any atom is 0.238 e. The Labute approximate surface area is 171 Å². The molecule has 0 aliphatic rings. The summed E-state index contributed by atoms with van der Waals surface area (Å²) < 4.78 is 13.6. The second kappa shape index (κ2) is 7.87. The van der Waals surface area contributed by atoms with Crippen molar-refractivity contribution in [2.45, 2.75) is 17.7 Å². The van der Waals surface area contributed by atoms with Crippen LogP contribution in [-0.2, 0) is 16.9 Å². The highest BCUT2D eigenvalue weighted by atomic mass is 79.9. The van der Waals surface area contributed by atoms with Crippen molar-refractivity contribution >= 4 is 55.4 Å². The van der Waals surface area contributed by atoms with Crippen LogP contribution in [0.5, 0.6) is 0 Å². The Bertz CT molecular complexity index is 1170. The lowest BCUT2D eigenvalue weighted by Gasteiger charge is -2.15. The SMILES string of the molecule is CC(=O)c1c([S+]([O-])Cc2cccc(C#N)c2)[nH]c2c(Br)ccc(Cl)c2c1=O. The van der Waals surface area contributed by atoms with Crippen LogP contribution in [0.2, 0.25) is 5.02 Å². The fraction of sp³-hybridized carbons (Fsp3) is 0.105. The standard InChI is InChI=1S/C19H12BrClN2O3S/c1-10(24)15-18(25)16-14(21)6-5-13(20)17(16)23-19(15)27(26)9-12-4-2-3-11(7-12)8-22/h2-7H,9H2,1H3,(H,23,25). The third kappa shape index (κ3) is 3.80. The van der Waals surface area contributed by atoms with Gasteiger partial charge in [-0.1, -0.05) is 23.7 Å². The van der Waals surface area contributed by atoms with Gasteiger partial charge in [0, 0.05) is 21.2 Å². The van der Waals surface area contributed by atoms with Gasteiger partial charge in [0.05, 0.1) is 27.6 Å². The molecular formula is C19H12BrClN2O3S. The molecule has 136 valence electrons. The number of carbonyl (C=O) groups is 1. The van der Waals surface area contributed by atoms with E-state index in [-0.39, 0.29) is 26.8 Å². The van der Waals surface area contributed by atoms with Crippen molar-refractivity contribution in [2.24, 2.45) is 0 Å². The predicted octanol–water partition coefficient (Wildman–Crippen LogP) is 4.33. The average Bonchev–Trinajstić information content (AvgIpc) is 2.64. The van der Waals surface area contributed by atoms with Gasteiger partial charge in [0.2, 0.25) is 10.5 Å². The minimum Gasteiger partial charge on any atom is -0.610 e. The van der Waals surface area contributed by atoms with Crippen LogP contribution < -0.4 is 5.43 Å². The van der Waals surface area contributed by atoms with Crippen LogP contribution in [0.4, 0.5) is 0 Å². The largest absolute Gasteiger partial charge is 0.610 e. The van der Waals surface area contributed by atoms with E-state index >= 15 is 0 Å². The van der Waals surface area contributed by atoms with Gasteiger partial charge in [-0.05, 0) is 47.1 Å². The van der Waals surface area contributed by atoms with Crippen molar-refractivity contribution in [1.82, 2.24) is 4.98 Å². The molecule has 3 rings (SSSR count). The molecule has 2 aromatic carbocycles. The van der Waals surface area contributed by atoms with E-state index in [2.05, 4.69) is 20.9 Å². The van der Waals surface area contributed by atoms with Crippen molar-refractivity contribution in [3.8, 4) is 6.07 Å². The van der Waals surface area contributed by atoms with Crippen molar-refractivity contribution in [1.29, 1.82) is 5.26 Å². The van der Waals surface area contributed by atoms with Gasteiger partial charge in [-0.3, -0.25) is 9.59 Å². The zero-order valence-corrected chi connectivity index (χ0v) is 17.2. The molecule has 1 aromatic heterocycles. The Morgan fingerprint density at radius 2 is 2.11 bits per heavy atom. The summed E-state index contributed by atoms with van der Waals surface area (Å²) in [7, 11) is 0. The topological polar surface area (TPSA) is 96.8 Å². The monoisotopic (exact) mass is 462 g/mol. The van der Waals surface area contributed by atoms with Crippen molar-refractivity contribution in [3.63, 3.8) is 0 Å². The average molecular weight is 464 g/mol. The van der Waals surface area contributed by atoms with Gasteiger partial charge >= 0.3 is 0 Å². The number of hydrogen-bond acceptors (Lipinski definition) is 4.